The number of rotatable bonds is 5. The average Bonchev–Trinajstić information content (AvgIpc) is 2.71. The summed E-state index contributed by atoms with van der Waals surface area (Å²) in [5, 5.41) is 3.26. The monoisotopic (exact) mass is 416 g/mol. The smallest absolute Gasteiger partial charge is 0.243 e. The first kappa shape index (κ1) is 20.0. The van der Waals surface area contributed by atoms with Crippen LogP contribution in [0.15, 0.2) is 59.5 Å². The zero-order chi connectivity index (χ0) is 20.5. The van der Waals surface area contributed by atoms with Crippen molar-refractivity contribution in [2.75, 3.05) is 13.1 Å². The fraction of sp³-hybridized carbons (Fsp3) is 0.409. The molecule has 0 spiro atoms. The van der Waals surface area contributed by atoms with E-state index in [1.807, 2.05) is 18.2 Å². The maximum Gasteiger partial charge on any atom is 0.243 e. The summed E-state index contributed by atoms with van der Waals surface area (Å²) in [7, 11) is -3.66. The minimum Gasteiger partial charge on any atom is -0.346 e. The van der Waals surface area contributed by atoms with Gasteiger partial charge in [-0.25, -0.2) is 12.8 Å². The molecule has 1 heterocycles. The molecule has 4 rings (SSSR count). The molecule has 0 aromatic heterocycles. The Hall–Kier alpha value is -2.25. The van der Waals surface area contributed by atoms with Crippen LogP contribution in [-0.2, 0) is 20.4 Å². The quantitative estimate of drug-likeness (QED) is 0.812. The molecule has 1 aliphatic carbocycles. The molecule has 2 aliphatic rings. The summed E-state index contributed by atoms with van der Waals surface area (Å²) in [4.78, 5) is 13.0. The van der Waals surface area contributed by atoms with E-state index in [2.05, 4.69) is 17.4 Å². The van der Waals surface area contributed by atoms with Crippen LogP contribution in [0.5, 0.6) is 0 Å². The molecule has 1 amide bonds. The number of nitrogens with one attached hydrogen (secondary N) is 1. The van der Waals surface area contributed by atoms with Crippen molar-refractivity contribution in [2.45, 2.75) is 42.5 Å². The first-order valence-electron chi connectivity index (χ1n) is 10.0. The van der Waals surface area contributed by atoms with E-state index in [1.165, 1.54) is 16.4 Å². The molecule has 2 aromatic rings. The number of carbonyl (C=O) groups excluding carboxylic acids is 1. The standard InChI is InChI=1S/C22H25FN2O3S/c23-19-7-9-20(10-8-19)29(27,28)25-15-11-17(12-16-25)21(26)24-22(13-4-14-22)18-5-2-1-3-6-18/h1-3,5-10,17H,4,11-16H2,(H,24,26). The van der Waals surface area contributed by atoms with E-state index in [0.29, 0.717) is 12.8 Å². The molecule has 5 nitrogen and oxygen atoms in total. The minimum atomic E-state index is -3.66. The normalized spacial score (nSPS) is 20.0. The van der Waals surface area contributed by atoms with Crippen molar-refractivity contribution in [3.05, 3.63) is 66.0 Å². The van der Waals surface area contributed by atoms with Crippen LogP contribution in [0.2, 0.25) is 0 Å². The van der Waals surface area contributed by atoms with Crippen LogP contribution in [-0.4, -0.2) is 31.7 Å². The van der Waals surface area contributed by atoms with Gasteiger partial charge in [-0.15, -0.1) is 0 Å². The molecule has 154 valence electrons. The molecule has 0 unspecified atom stereocenters. The maximum atomic E-state index is 13.1. The Morgan fingerprint density at radius 1 is 1.00 bits per heavy atom. The maximum absolute atomic E-state index is 13.1. The SMILES string of the molecule is O=C(NC1(c2ccccc2)CCC1)C1CCN(S(=O)(=O)c2ccc(F)cc2)CC1. The molecule has 2 aromatic carbocycles. The van der Waals surface area contributed by atoms with Gasteiger partial charge in [0.15, 0.2) is 0 Å². The lowest BCUT2D eigenvalue weighted by Gasteiger charge is -2.44. The van der Waals surface area contributed by atoms with E-state index in [4.69, 9.17) is 0 Å². The second kappa shape index (κ2) is 7.88. The topological polar surface area (TPSA) is 66.5 Å². The predicted octanol–water partition coefficient (Wildman–Crippen LogP) is 3.42. The summed E-state index contributed by atoms with van der Waals surface area (Å²) in [5.74, 6) is -0.661. The average molecular weight is 417 g/mol. The molecule has 0 radical (unpaired) electrons. The van der Waals surface area contributed by atoms with Crippen LogP contribution in [0, 0.1) is 11.7 Å². The van der Waals surface area contributed by atoms with Crippen LogP contribution >= 0.6 is 0 Å². The molecule has 0 atom stereocenters. The zero-order valence-electron chi connectivity index (χ0n) is 16.2. The molecule has 0 bridgehead atoms. The minimum absolute atomic E-state index is 0.00684. The number of benzene rings is 2. The summed E-state index contributed by atoms with van der Waals surface area (Å²) in [5.41, 5.74) is 0.853. The predicted molar refractivity (Wildman–Crippen MR) is 108 cm³/mol. The van der Waals surface area contributed by atoms with Crippen LogP contribution in [0.4, 0.5) is 4.39 Å². The lowest BCUT2D eigenvalue weighted by atomic mass is 9.71. The number of nitrogens with zero attached hydrogens (tertiary/aromatic N) is 1. The van der Waals surface area contributed by atoms with Crippen LogP contribution in [0.3, 0.4) is 0 Å². The van der Waals surface area contributed by atoms with E-state index in [-0.39, 0.29) is 35.3 Å². The molecule has 7 heteroatoms. The summed E-state index contributed by atoms with van der Waals surface area (Å²) >= 11 is 0. The van der Waals surface area contributed by atoms with Gasteiger partial charge >= 0.3 is 0 Å². The van der Waals surface area contributed by atoms with Gasteiger partial charge in [0.05, 0.1) is 10.4 Å². The lowest BCUT2D eigenvalue weighted by Crippen LogP contribution is -2.53. The summed E-state index contributed by atoms with van der Waals surface area (Å²) < 4.78 is 40.0. The van der Waals surface area contributed by atoms with E-state index < -0.39 is 15.8 Å². The molecule has 1 N–H and O–H groups in total. The van der Waals surface area contributed by atoms with Gasteiger partial charge in [0, 0.05) is 19.0 Å². The Morgan fingerprint density at radius 3 is 2.17 bits per heavy atom. The summed E-state index contributed by atoms with van der Waals surface area (Å²) in [6.45, 7) is 0.576. The molecule has 1 saturated carbocycles. The third kappa shape index (κ3) is 3.94. The van der Waals surface area contributed by atoms with Crippen LogP contribution in [0.25, 0.3) is 0 Å². The Labute approximate surface area is 171 Å². The fourth-order valence-corrected chi connectivity index (χ4v) is 5.69. The third-order valence-electron chi connectivity index (χ3n) is 6.17. The molecular formula is C22H25FN2O3S. The van der Waals surface area contributed by atoms with Gasteiger partial charge in [0.2, 0.25) is 15.9 Å². The number of hydrogen-bond donors (Lipinski definition) is 1. The highest BCUT2D eigenvalue weighted by Crippen LogP contribution is 2.41. The first-order chi connectivity index (χ1) is 13.9. The van der Waals surface area contributed by atoms with Crippen molar-refractivity contribution in [3.63, 3.8) is 0 Å². The molecule has 29 heavy (non-hydrogen) atoms. The van der Waals surface area contributed by atoms with E-state index >= 15 is 0 Å². The highest BCUT2D eigenvalue weighted by atomic mass is 32.2. The fourth-order valence-electron chi connectivity index (χ4n) is 4.23. The third-order valence-corrected chi connectivity index (χ3v) is 8.08. The van der Waals surface area contributed by atoms with Crippen molar-refractivity contribution in [2.24, 2.45) is 5.92 Å². The number of piperidine rings is 1. The van der Waals surface area contributed by atoms with Crippen molar-refractivity contribution in [1.29, 1.82) is 0 Å². The molecule has 1 aliphatic heterocycles. The number of halogens is 1. The summed E-state index contributed by atoms with van der Waals surface area (Å²) in [6, 6.07) is 14.9. The highest BCUT2D eigenvalue weighted by molar-refractivity contribution is 7.89. The number of amides is 1. The first-order valence-corrected chi connectivity index (χ1v) is 11.5. The number of sulfonamides is 1. The van der Waals surface area contributed by atoms with Gasteiger partial charge in [-0.2, -0.15) is 4.31 Å². The Morgan fingerprint density at radius 2 is 1.62 bits per heavy atom. The van der Waals surface area contributed by atoms with E-state index in [9.17, 15) is 17.6 Å². The number of hydrogen-bond acceptors (Lipinski definition) is 3. The molecular weight excluding hydrogens is 391 g/mol. The number of carbonyl (C=O) groups is 1. The molecule has 1 saturated heterocycles. The Bertz CT molecular complexity index is 965. The van der Waals surface area contributed by atoms with Gasteiger partial charge in [-0.1, -0.05) is 30.3 Å². The lowest BCUT2D eigenvalue weighted by molar-refractivity contribution is -0.129. The van der Waals surface area contributed by atoms with Crippen LogP contribution < -0.4 is 5.32 Å². The Kier molecular flexibility index (Phi) is 5.44. The van der Waals surface area contributed by atoms with E-state index in [0.717, 1.165) is 37.0 Å². The largest absolute Gasteiger partial charge is 0.346 e. The van der Waals surface area contributed by atoms with Crippen molar-refractivity contribution in [3.8, 4) is 0 Å². The van der Waals surface area contributed by atoms with E-state index in [1.54, 1.807) is 0 Å². The summed E-state index contributed by atoms with van der Waals surface area (Å²) in [6.07, 6.45) is 3.92. The second-order valence-electron chi connectivity index (χ2n) is 7.92. The van der Waals surface area contributed by atoms with Gasteiger partial charge < -0.3 is 5.32 Å². The molecule has 2 fully saturated rings. The highest BCUT2D eigenvalue weighted by Gasteiger charge is 2.42. The van der Waals surface area contributed by atoms with Crippen molar-refractivity contribution < 1.29 is 17.6 Å². The van der Waals surface area contributed by atoms with Gasteiger partial charge in [0.1, 0.15) is 5.82 Å². The second-order valence-corrected chi connectivity index (χ2v) is 9.86. The van der Waals surface area contributed by atoms with Crippen LogP contribution in [0.1, 0.15) is 37.7 Å². The van der Waals surface area contributed by atoms with Crippen molar-refractivity contribution >= 4 is 15.9 Å². The zero-order valence-corrected chi connectivity index (χ0v) is 17.0. The van der Waals surface area contributed by atoms with Gasteiger partial charge in [-0.05, 0) is 61.9 Å². The van der Waals surface area contributed by atoms with Gasteiger partial charge in [-0.3, -0.25) is 4.79 Å². The van der Waals surface area contributed by atoms with Gasteiger partial charge in [0.25, 0.3) is 0 Å². The van der Waals surface area contributed by atoms with Crippen molar-refractivity contribution in [1.82, 2.24) is 9.62 Å². The Balaban J connectivity index is 1.39.